The molecule has 0 aromatic carbocycles. The van der Waals surface area contributed by atoms with Crippen LogP contribution in [0.3, 0.4) is 0 Å². The van der Waals surface area contributed by atoms with E-state index >= 15 is 0 Å². The van der Waals surface area contributed by atoms with Crippen LogP contribution in [0.5, 0.6) is 0 Å². The van der Waals surface area contributed by atoms with Crippen LogP contribution in [-0.2, 0) is 0 Å². The first-order valence-electron chi connectivity index (χ1n) is 7.88. The number of urea groups is 1. The van der Waals surface area contributed by atoms with Gasteiger partial charge in [-0.2, -0.15) is 0 Å². The molecule has 0 aromatic heterocycles. The Morgan fingerprint density at radius 3 is 2.84 bits per heavy atom. The molecule has 0 bridgehead atoms. The molecule has 3 atom stereocenters. The summed E-state index contributed by atoms with van der Waals surface area (Å²) >= 11 is 0. The standard InChI is InChI=1S/C15H28N2O2/c1-12-5-4-6-13(11-12)16-15(19)17-9-3-2-7-14(17)8-10-18/h12-14,18H,2-11H2,1H3,(H,16,19). The average Bonchev–Trinajstić information content (AvgIpc) is 2.39. The van der Waals surface area contributed by atoms with Gasteiger partial charge < -0.3 is 15.3 Å². The van der Waals surface area contributed by atoms with Crippen LogP contribution in [0.1, 0.15) is 58.3 Å². The van der Waals surface area contributed by atoms with E-state index in [1.165, 1.54) is 19.3 Å². The molecule has 0 spiro atoms. The zero-order valence-electron chi connectivity index (χ0n) is 12.1. The molecule has 4 heteroatoms. The third kappa shape index (κ3) is 4.10. The van der Waals surface area contributed by atoms with Crippen LogP contribution in [-0.4, -0.2) is 41.3 Å². The number of carbonyl (C=O) groups is 1. The number of hydrogen-bond donors (Lipinski definition) is 2. The van der Waals surface area contributed by atoms with Gasteiger partial charge in [0.15, 0.2) is 0 Å². The van der Waals surface area contributed by atoms with Gasteiger partial charge in [0.25, 0.3) is 0 Å². The summed E-state index contributed by atoms with van der Waals surface area (Å²) in [6, 6.07) is 0.685. The van der Waals surface area contributed by atoms with Crippen molar-refractivity contribution < 1.29 is 9.90 Å². The molecule has 1 saturated carbocycles. The molecule has 2 rings (SSSR count). The minimum Gasteiger partial charge on any atom is -0.396 e. The van der Waals surface area contributed by atoms with Gasteiger partial charge in [-0.25, -0.2) is 4.79 Å². The number of likely N-dealkylation sites (tertiary alicyclic amines) is 1. The molecule has 19 heavy (non-hydrogen) atoms. The van der Waals surface area contributed by atoms with E-state index in [0.717, 1.165) is 38.1 Å². The topological polar surface area (TPSA) is 52.6 Å². The predicted octanol–water partition coefficient (Wildman–Crippen LogP) is 2.51. The van der Waals surface area contributed by atoms with Crippen molar-refractivity contribution in [1.29, 1.82) is 0 Å². The molecular weight excluding hydrogens is 240 g/mol. The molecule has 2 fully saturated rings. The van der Waals surface area contributed by atoms with Crippen molar-refractivity contribution in [2.45, 2.75) is 70.4 Å². The van der Waals surface area contributed by atoms with E-state index in [-0.39, 0.29) is 18.7 Å². The zero-order valence-corrected chi connectivity index (χ0v) is 12.1. The Morgan fingerprint density at radius 2 is 2.11 bits per heavy atom. The number of aliphatic hydroxyl groups is 1. The first-order valence-corrected chi connectivity index (χ1v) is 7.88. The summed E-state index contributed by atoms with van der Waals surface area (Å²) in [6.45, 7) is 3.29. The second-order valence-electron chi connectivity index (χ2n) is 6.27. The third-order valence-corrected chi connectivity index (χ3v) is 4.61. The lowest BCUT2D eigenvalue weighted by Crippen LogP contribution is -2.52. The fourth-order valence-corrected chi connectivity index (χ4v) is 3.54. The quantitative estimate of drug-likeness (QED) is 0.826. The lowest BCUT2D eigenvalue weighted by Gasteiger charge is -2.37. The van der Waals surface area contributed by atoms with Gasteiger partial charge in [-0.05, 0) is 44.4 Å². The summed E-state index contributed by atoms with van der Waals surface area (Å²) in [4.78, 5) is 14.3. The fourth-order valence-electron chi connectivity index (χ4n) is 3.54. The molecule has 1 saturated heterocycles. The van der Waals surface area contributed by atoms with Crippen molar-refractivity contribution in [2.24, 2.45) is 5.92 Å². The number of rotatable bonds is 3. The first-order chi connectivity index (χ1) is 9.20. The van der Waals surface area contributed by atoms with E-state index < -0.39 is 0 Å². The Hall–Kier alpha value is -0.770. The van der Waals surface area contributed by atoms with Gasteiger partial charge in [0, 0.05) is 25.2 Å². The van der Waals surface area contributed by atoms with Gasteiger partial charge >= 0.3 is 6.03 Å². The Morgan fingerprint density at radius 1 is 1.26 bits per heavy atom. The van der Waals surface area contributed by atoms with E-state index in [4.69, 9.17) is 5.11 Å². The number of aliphatic hydroxyl groups excluding tert-OH is 1. The van der Waals surface area contributed by atoms with Crippen LogP contribution in [0.2, 0.25) is 0 Å². The Kier molecular flexibility index (Phi) is 5.49. The molecule has 2 amide bonds. The van der Waals surface area contributed by atoms with Crippen molar-refractivity contribution in [2.75, 3.05) is 13.2 Å². The number of carbonyl (C=O) groups excluding carboxylic acids is 1. The molecule has 1 aliphatic heterocycles. The molecule has 1 heterocycles. The van der Waals surface area contributed by atoms with E-state index in [0.29, 0.717) is 12.5 Å². The van der Waals surface area contributed by atoms with Gasteiger partial charge in [0.2, 0.25) is 0 Å². The van der Waals surface area contributed by atoms with Gasteiger partial charge in [0.1, 0.15) is 0 Å². The number of hydrogen-bond acceptors (Lipinski definition) is 2. The minimum atomic E-state index is 0.0947. The Labute approximate surface area is 116 Å². The SMILES string of the molecule is CC1CCCC(NC(=O)N2CCCCC2CCO)C1. The van der Waals surface area contributed by atoms with Gasteiger partial charge in [0.05, 0.1) is 0 Å². The number of nitrogens with zero attached hydrogens (tertiary/aromatic N) is 1. The van der Waals surface area contributed by atoms with Crippen LogP contribution < -0.4 is 5.32 Å². The summed E-state index contributed by atoms with van der Waals surface area (Å²) < 4.78 is 0. The summed E-state index contributed by atoms with van der Waals surface area (Å²) in [5.41, 5.74) is 0. The second kappa shape index (κ2) is 7.13. The molecule has 3 unspecified atom stereocenters. The molecule has 2 aliphatic rings. The fraction of sp³-hybridized carbons (Fsp3) is 0.933. The van der Waals surface area contributed by atoms with Crippen LogP contribution in [0, 0.1) is 5.92 Å². The van der Waals surface area contributed by atoms with E-state index in [1.807, 2.05) is 4.90 Å². The highest BCUT2D eigenvalue weighted by Gasteiger charge is 2.28. The highest BCUT2D eigenvalue weighted by molar-refractivity contribution is 5.75. The van der Waals surface area contributed by atoms with Crippen LogP contribution >= 0.6 is 0 Å². The van der Waals surface area contributed by atoms with E-state index in [9.17, 15) is 4.79 Å². The monoisotopic (exact) mass is 268 g/mol. The average molecular weight is 268 g/mol. The van der Waals surface area contributed by atoms with Crippen molar-refractivity contribution >= 4 is 6.03 Å². The lowest BCUT2D eigenvalue weighted by molar-refractivity contribution is 0.126. The summed E-state index contributed by atoms with van der Waals surface area (Å²) in [6.07, 6.45) is 8.78. The van der Waals surface area contributed by atoms with Crippen LogP contribution in [0.4, 0.5) is 4.79 Å². The number of amides is 2. The zero-order chi connectivity index (χ0) is 13.7. The third-order valence-electron chi connectivity index (χ3n) is 4.61. The normalized spacial score (nSPS) is 32.1. The summed E-state index contributed by atoms with van der Waals surface area (Å²) in [5, 5.41) is 12.3. The van der Waals surface area contributed by atoms with E-state index in [2.05, 4.69) is 12.2 Å². The van der Waals surface area contributed by atoms with Crippen LogP contribution in [0.15, 0.2) is 0 Å². The number of nitrogens with one attached hydrogen (secondary N) is 1. The molecule has 0 radical (unpaired) electrons. The van der Waals surface area contributed by atoms with Gasteiger partial charge in [-0.15, -0.1) is 0 Å². The van der Waals surface area contributed by atoms with Crippen molar-refractivity contribution in [1.82, 2.24) is 10.2 Å². The Balaban J connectivity index is 1.86. The molecule has 0 aromatic rings. The molecule has 110 valence electrons. The molecular formula is C15H28N2O2. The largest absolute Gasteiger partial charge is 0.396 e. The summed E-state index contributed by atoms with van der Waals surface area (Å²) in [7, 11) is 0. The number of piperidine rings is 1. The lowest BCUT2D eigenvalue weighted by atomic mass is 9.87. The van der Waals surface area contributed by atoms with Crippen molar-refractivity contribution in [3.63, 3.8) is 0 Å². The maximum atomic E-state index is 12.4. The van der Waals surface area contributed by atoms with Crippen LogP contribution in [0.25, 0.3) is 0 Å². The maximum Gasteiger partial charge on any atom is 0.317 e. The smallest absolute Gasteiger partial charge is 0.317 e. The van der Waals surface area contributed by atoms with Crippen molar-refractivity contribution in [3.05, 3.63) is 0 Å². The molecule has 4 nitrogen and oxygen atoms in total. The van der Waals surface area contributed by atoms with Crippen molar-refractivity contribution in [3.8, 4) is 0 Å². The van der Waals surface area contributed by atoms with Gasteiger partial charge in [-0.3, -0.25) is 0 Å². The predicted molar refractivity (Wildman–Crippen MR) is 76.0 cm³/mol. The molecule has 2 N–H and O–H groups in total. The van der Waals surface area contributed by atoms with Gasteiger partial charge in [-0.1, -0.05) is 19.8 Å². The minimum absolute atomic E-state index is 0.0947. The summed E-state index contributed by atoms with van der Waals surface area (Å²) in [5.74, 6) is 0.730. The Bertz CT molecular complexity index is 294. The highest BCUT2D eigenvalue weighted by atomic mass is 16.3. The molecule has 1 aliphatic carbocycles. The second-order valence-corrected chi connectivity index (χ2v) is 6.27. The highest BCUT2D eigenvalue weighted by Crippen LogP contribution is 2.25. The first kappa shape index (κ1) is 14.6. The maximum absolute atomic E-state index is 12.4. The van der Waals surface area contributed by atoms with E-state index in [1.54, 1.807) is 0 Å².